The first kappa shape index (κ1) is 15.7. The SMILES string of the molecule is Cc1ccc(CC(=O)N[C@@H](CC(=O)O)C(=O)O)cc1C. The van der Waals surface area contributed by atoms with E-state index in [1.54, 1.807) is 6.07 Å². The molecule has 1 rings (SSSR count). The van der Waals surface area contributed by atoms with Gasteiger partial charge in [-0.25, -0.2) is 4.79 Å². The van der Waals surface area contributed by atoms with Gasteiger partial charge in [0.25, 0.3) is 0 Å². The Hall–Kier alpha value is -2.37. The van der Waals surface area contributed by atoms with Crippen LogP contribution >= 0.6 is 0 Å². The fourth-order valence-corrected chi connectivity index (χ4v) is 1.72. The highest BCUT2D eigenvalue weighted by Crippen LogP contribution is 2.10. The molecule has 0 saturated carbocycles. The molecule has 0 aromatic heterocycles. The van der Waals surface area contributed by atoms with Gasteiger partial charge in [-0.05, 0) is 30.5 Å². The third-order valence-electron chi connectivity index (χ3n) is 2.95. The Morgan fingerprint density at radius 2 is 1.80 bits per heavy atom. The van der Waals surface area contributed by atoms with Crippen molar-refractivity contribution in [3.63, 3.8) is 0 Å². The van der Waals surface area contributed by atoms with Crippen LogP contribution in [-0.4, -0.2) is 34.1 Å². The van der Waals surface area contributed by atoms with Crippen LogP contribution in [0.25, 0.3) is 0 Å². The van der Waals surface area contributed by atoms with Crippen molar-refractivity contribution in [3.8, 4) is 0 Å². The van der Waals surface area contributed by atoms with Gasteiger partial charge in [-0.1, -0.05) is 18.2 Å². The molecule has 1 amide bonds. The summed E-state index contributed by atoms with van der Waals surface area (Å²) in [6.45, 7) is 3.87. The summed E-state index contributed by atoms with van der Waals surface area (Å²) in [6.07, 6.45) is -0.626. The first-order valence-electron chi connectivity index (χ1n) is 6.09. The van der Waals surface area contributed by atoms with E-state index >= 15 is 0 Å². The summed E-state index contributed by atoms with van der Waals surface area (Å²) in [6, 6.07) is 4.10. The van der Waals surface area contributed by atoms with Crippen LogP contribution in [0.5, 0.6) is 0 Å². The first-order chi connectivity index (χ1) is 9.29. The van der Waals surface area contributed by atoms with Crippen LogP contribution in [-0.2, 0) is 20.8 Å². The Bertz CT molecular complexity index is 538. The predicted octanol–water partition coefficient (Wildman–Crippen LogP) is 0.890. The summed E-state index contributed by atoms with van der Waals surface area (Å²) in [5.74, 6) is -3.15. The molecular weight excluding hydrogens is 262 g/mol. The summed E-state index contributed by atoms with van der Waals surface area (Å²) >= 11 is 0. The average molecular weight is 279 g/mol. The van der Waals surface area contributed by atoms with Crippen LogP contribution in [0, 0.1) is 13.8 Å². The molecule has 0 heterocycles. The van der Waals surface area contributed by atoms with E-state index < -0.39 is 30.3 Å². The van der Waals surface area contributed by atoms with E-state index in [2.05, 4.69) is 5.32 Å². The zero-order valence-electron chi connectivity index (χ0n) is 11.3. The maximum Gasteiger partial charge on any atom is 0.326 e. The molecular formula is C14H17NO5. The fourth-order valence-electron chi connectivity index (χ4n) is 1.72. The standard InChI is InChI=1S/C14H17NO5/c1-8-3-4-10(5-9(8)2)6-12(16)15-11(14(19)20)7-13(17)18/h3-5,11H,6-7H2,1-2H3,(H,15,16)(H,17,18)(H,19,20)/t11-/m0/s1. The highest BCUT2D eigenvalue weighted by atomic mass is 16.4. The molecule has 0 saturated heterocycles. The number of aryl methyl sites for hydroxylation is 2. The van der Waals surface area contributed by atoms with Crippen molar-refractivity contribution in [2.24, 2.45) is 0 Å². The van der Waals surface area contributed by atoms with Crippen molar-refractivity contribution in [1.82, 2.24) is 5.32 Å². The number of carbonyl (C=O) groups is 3. The van der Waals surface area contributed by atoms with Gasteiger partial charge in [-0.2, -0.15) is 0 Å². The van der Waals surface area contributed by atoms with Crippen LogP contribution in [0.15, 0.2) is 18.2 Å². The maximum absolute atomic E-state index is 11.7. The molecule has 1 atom stereocenters. The van der Waals surface area contributed by atoms with E-state index in [1.165, 1.54) is 0 Å². The Morgan fingerprint density at radius 1 is 1.15 bits per heavy atom. The lowest BCUT2D eigenvalue weighted by molar-refractivity contribution is -0.147. The minimum Gasteiger partial charge on any atom is -0.481 e. The Morgan fingerprint density at radius 3 is 2.30 bits per heavy atom. The summed E-state index contributed by atoms with van der Waals surface area (Å²) in [4.78, 5) is 33.1. The third-order valence-corrected chi connectivity index (χ3v) is 2.95. The summed E-state index contributed by atoms with van der Waals surface area (Å²) in [5, 5.41) is 19.6. The average Bonchev–Trinajstić information content (AvgIpc) is 2.32. The second-order valence-corrected chi connectivity index (χ2v) is 4.65. The van der Waals surface area contributed by atoms with Crippen molar-refractivity contribution in [2.75, 3.05) is 0 Å². The second-order valence-electron chi connectivity index (χ2n) is 4.65. The molecule has 1 aromatic carbocycles. The number of hydrogen-bond acceptors (Lipinski definition) is 3. The van der Waals surface area contributed by atoms with E-state index in [0.29, 0.717) is 0 Å². The van der Waals surface area contributed by atoms with Crippen molar-refractivity contribution >= 4 is 17.8 Å². The molecule has 0 aliphatic carbocycles. The molecule has 3 N–H and O–H groups in total. The fraction of sp³-hybridized carbons (Fsp3) is 0.357. The largest absolute Gasteiger partial charge is 0.481 e. The highest BCUT2D eigenvalue weighted by molar-refractivity contribution is 5.87. The van der Waals surface area contributed by atoms with Crippen LogP contribution in [0.3, 0.4) is 0 Å². The van der Waals surface area contributed by atoms with Crippen LogP contribution in [0.4, 0.5) is 0 Å². The highest BCUT2D eigenvalue weighted by Gasteiger charge is 2.22. The second kappa shape index (κ2) is 6.70. The molecule has 0 fully saturated rings. The van der Waals surface area contributed by atoms with E-state index in [0.717, 1.165) is 16.7 Å². The van der Waals surface area contributed by atoms with Crippen LogP contribution in [0.2, 0.25) is 0 Å². The van der Waals surface area contributed by atoms with Gasteiger partial charge in [-0.3, -0.25) is 9.59 Å². The van der Waals surface area contributed by atoms with Crippen molar-refractivity contribution in [1.29, 1.82) is 0 Å². The molecule has 0 spiro atoms. The minimum absolute atomic E-state index is 0.0184. The number of carboxylic acid groups (broad SMARTS) is 2. The van der Waals surface area contributed by atoms with Gasteiger partial charge in [-0.15, -0.1) is 0 Å². The van der Waals surface area contributed by atoms with E-state index in [1.807, 2.05) is 26.0 Å². The summed E-state index contributed by atoms with van der Waals surface area (Å²) < 4.78 is 0. The van der Waals surface area contributed by atoms with Crippen LogP contribution in [0.1, 0.15) is 23.1 Å². The maximum atomic E-state index is 11.7. The van der Waals surface area contributed by atoms with Gasteiger partial charge in [0.1, 0.15) is 6.04 Å². The van der Waals surface area contributed by atoms with Gasteiger partial charge < -0.3 is 15.5 Å². The number of carboxylic acids is 2. The minimum atomic E-state index is -1.41. The molecule has 1 aromatic rings. The molecule has 20 heavy (non-hydrogen) atoms. The lowest BCUT2D eigenvalue weighted by Gasteiger charge is -2.12. The quantitative estimate of drug-likeness (QED) is 0.717. The van der Waals surface area contributed by atoms with Crippen molar-refractivity contribution < 1.29 is 24.6 Å². The zero-order chi connectivity index (χ0) is 15.3. The summed E-state index contributed by atoms with van der Waals surface area (Å²) in [7, 11) is 0. The van der Waals surface area contributed by atoms with Gasteiger partial charge in [0.15, 0.2) is 0 Å². The lowest BCUT2D eigenvalue weighted by Crippen LogP contribution is -2.42. The third kappa shape index (κ3) is 4.72. The Kier molecular flexibility index (Phi) is 5.25. The molecule has 0 radical (unpaired) electrons. The normalized spacial score (nSPS) is 11.7. The molecule has 0 bridgehead atoms. The van der Waals surface area contributed by atoms with Gasteiger partial charge in [0, 0.05) is 0 Å². The predicted molar refractivity (Wildman–Crippen MR) is 71.4 cm³/mol. The Balaban J connectivity index is 2.67. The van der Waals surface area contributed by atoms with Crippen molar-refractivity contribution in [3.05, 3.63) is 34.9 Å². The van der Waals surface area contributed by atoms with Crippen molar-refractivity contribution in [2.45, 2.75) is 32.7 Å². The van der Waals surface area contributed by atoms with Gasteiger partial charge >= 0.3 is 11.9 Å². The van der Waals surface area contributed by atoms with E-state index in [9.17, 15) is 14.4 Å². The first-order valence-corrected chi connectivity index (χ1v) is 6.09. The molecule has 6 nitrogen and oxygen atoms in total. The number of rotatable bonds is 6. The van der Waals surface area contributed by atoms with E-state index in [4.69, 9.17) is 10.2 Å². The number of nitrogens with one attached hydrogen (secondary N) is 1. The summed E-state index contributed by atoms with van der Waals surface area (Å²) in [5.41, 5.74) is 2.89. The van der Waals surface area contributed by atoms with Gasteiger partial charge in [0.2, 0.25) is 5.91 Å². The van der Waals surface area contributed by atoms with Crippen LogP contribution < -0.4 is 5.32 Å². The smallest absolute Gasteiger partial charge is 0.326 e. The number of benzene rings is 1. The molecule has 108 valence electrons. The van der Waals surface area contributed by atoms with Gasteiger partial charge in [0.05, 0.1) is 12.8 Å². The molecule has 0 aliphatic rings. The Labute approximate surface area is 116 Å². The van der Waals surface area contributed by atoms with E-state index in [-0.39, 0.29) is 6.42 Å². The number of aliphatic carboxylic acids is 2. The monoisotopic (exact) mass is 279 g/mol. The number of amides is 1. The topological polar surface area (TPSA) is 104 Å². The molecule has 6 heteroatoms. The number of hydrogen-bond donors (Lipinski definition) is 3. The lowest BCUT2D eigenvalue weighted by atomic mass is 10.0. The zero-order valence-corrected chi connectivity index (χ0v) is 11.3. The molecule has 0 aliphatic heterocycles. The number of carbonyl (C=O) groups excluding carboxylic acids is 1. The molecule has 0 unspecified atom stereocenters.